The molecule has 0 aliphatic rings. The molecule has 2 rings (SSSR count). The summed E-state index contributed by atoms with van der Waals surface area (Å²) >= 11 is 0. The molecule has 2 aromatic rings. The van der Waals surface area contributed by atoms with E-state index in [2.05, 4.69) is 73.1 Å². The van der Waals surface area contributed by atoms with Crippen LogP contribution in [0.5, 0.6) is 0 Å². The fraction of sp³-hybridized carbons (Fsp3) is 0.450. The average molecular weight is 309 g/mol. The van der Waals surface area contributed by atoms with Crippen molar-refractivity contribution in [3.05, 3.63) is 53.3 Å². The molecule has 0 amide bonds. The first-order valence-electron chi connectivity index (χ1n) is 8.22. The SMILES string of the molecule is CC#CCCNCc1cn(Cc2ccccc2)nc1C(C)(C)C. The predicted octanol–water partition coefficient (Wildman–Crippen LogP) is 3.73. The summed E-state index contributed by atoms with van der Waals surface area (Å²) in [4.78, 5) is 0. The van der Waals surface area contributed by atoms with E-state index in [0.29, 0.717) is 0 Å². The van der Waals surface area contributed by atoms with Crippen LogP contribution in [0.15, 0.2) is 36.5 Å². The second-order valence-corrected chi connectivity index (χ2v) is 6.79. The van der Waals surface area contributed by atoms with Gasteiger partial charge in [-0.05, 0) is 12.5 Å². The molecule has 0 fully saturated rings. The van der Waals surface area contributed by atoms with Crippen LogP contribution in [0, 0.1) is 11.8 Å². The van der Waals surface area contributed by atoms with E-state index in [1.165, 1.54) is 16.8 Å². The van der Waals surface area contributed by atoms with Crippen molar-refractivity contribution in [2.75, 3.05) is 6.54 Å². The predicted molar refractivity (Wildman–Crippen MR) is 96.2 cm³/mol. The van der Waals surface area contributed by atoms with E-state index in [9.17, 15) is 0 Å². The molecule has 0 saturated carbocycles. The van der Waals surface area contributed by atoms with Crippen molar-refractivity contribution >= 4 is 0 Å². The van der Waals surface area contributed by atoms with Gasteiger partial charge >= 0.3 is 0 Å². The second-order valence-electron chi connectivity index (χ2n) is 6.79. The average Bonchev–Trinajstić information content (AvgIpc) is 2.91. The zero-order valence-electron chi connectivity index (χ0n) is 14.7. The van der Waals surface area contributed by atoms with E-state index in [4.69, 9.17) is 5.10 Å². The van der Waals surface area contributed by atoms with Gasteiger partial charge in [-0.3, -0.25) is 4.68 Å². The summed E-state index contributed by atoms with van der Waals surface area (Å²) in [5.41, 5.74) is 3.76. The molecule has 1 aromatic heterocycles. The highest BCUT2D eigenvalue weighted by molar-refractivity contribution is 5.25. The van der Waals surface area contributed by atoms with Crippen LogP contribution in [0.2, 0.25) is 0 Å². The van der Waals surface area contributed by atoms with Crippen molar-refractivity contribution in [2.45, 2.75) is 52.6 Å². The van der Waals surface area contributed by atoms with Gasteiger partial charge in [0.05, 0.1) is 12.2 Å². The Morgan fingerprint density at radius 1 is 1.17 bits per heavy atom. The molecule has 0 radical (unpaired) electrons. The number of nitrogens with zero attached hydrogens (tertiary/aromatic N) is 2. The first kappa shape index (κ1) is 17.3. The summed E-state index contributed by atoms with van der Waals surface area (Å²) in [5, 5.41) is 8.31. The van der Waals surface area contributed by atoms with Crippen LogP contribution in [0.25, 0.3) is 0 Å². The van der Waals surface area contributed by atoms with Gasteiger partial charge in [0, 0.05) is 36.7 Å². The molecule has 3 heteroatoms. The monoisotopic (exact) mass is 309 g/mol. The quantitative estimate of drug-likeness (QED) is 0.651. The van der Waals surface area contributed by atoms with Gasteiger partial charge in [0.1, 0.15) is 0 Å². The van der Waals surface area contributed by atoms with Gasteiger partial charge in [-0.1, -0.05) is 51.1 Å². The lowest BCUT2D eigenvalue weighted by Gasteiger charge is -2.17. The fourth-order valence-corrected chi connectivity index (χ4v) is 2.57. The van der Waals surface area contributed by atoms with Crippen LogP contribution in [-0.2, 0) is 18.5 Å². The van der Waals surface area contributed by atoms with E-state index in [1.807, 2.05) is 13.0 Å². The highest BCUT2D eigenvalue weighted by Gasteiger charge is 2.22. The maximum Gasteiger partial charge on any atom is 0.0723 e. The van der Waals surface area contributed by atoms with Crippen LogP contribution in [-0.4, -0.2) is 16.3 Å². The maximum absolute atomic E-state index is 4.84. The summed E-state index contributed by atoms with van der Waals surface area (Å²) < 4.78 is 2.05. The van der Waals surface area contributed by atoms with Gasteiger partial charge in [-0.25, -0.2) is 0 Å². The molecular weight excluding hydrogens is 282 g/mol. The lowest BCUT2D eigenvalue weighted by molar-refractivity contribution is 0.538. The topological polar surface area (TPSA) is 29.9 Å². The van der Waals surface area contributed by atoms with E-state index < -0.39 is 0 Å². The highest BCUT2D eigenvalue weighted by atomic mass is 15.3. The summed E-state index contributed by atoms with van der Waals surface area (Å²) in [6.07, 6.45) is 3.06. The molecule has 0 spiro atoms. The molecule has 0 aliphatic carbocycles. The zero-order chi connectivity index (χ0) is 16.7. The van der Waals surface area contributed by atoms with Crippen molar-refractivity contribution < 1.29 is 0 Å². The van der Waals surface area contributed by atoms with Crippen molar-refractivity contribution in [1.82, 2.24) is 15.1 Å². The maximum atomic E-state index is 4.84. The van der Waals surface area contributed by atoms with Crippen LogP contribution in [0.1, 0.15) is 50.9 Å². The molecule has 3 nitrogen and oxygen atoms in total. The number of hydrogen-bond donors (Lipinski definition) is 1. The molecule has 23 heavy (non-hydrogen) atoms. The normalized spacial score (nSPS) is 11.1. The molecular formula is C20H27N3. The smallest absolute Gasteiger partial charge is 0.0723 e. The van der Waals surface area contributed by atoms with E-state index in [1.54, 1.807) is 0 Å². The van der Waals surface area contributed by atoms with Crippen molar-refractivity contribution in [3.63, 3.8) is 0 Å². The van der Waals surface area contributed by atoms with Gasteiger partial charge in [-0.2, -0.15) is 5.10 Å². The summed E-state index contributed by atoms with van der Waals surface area (Å²) in [5.74, 6) is 6.01. The lowest BCUT2D eigenvalue weighted by atomic mass is 9.89. The first-order valence-corrected chi connectivity index (χ1v) is 8.22. The summed E-state index contributed by atoms with van der Waals surface area (Å²) in [7, 11) is 0. The van der Waals surface area contributed by atoms with E-state index in [-0.39, 0.29) is 5.41 Å². The highest BCUT2D eigenvalue weighted by Crippen LogP contribution is 2.24. The third-order valence-corrected chi connectivity index (χ3v) is 3.65. The molecule has 1 aromatic carbocycles. The fourth-order valence-electron chi connectivity index (χ4n) is 2.57. The molecule has 0 atom stereocenters. The Kier molecular flexibility index (Phi) is 6.01. The Balaban J connectivity index is 2.10. The Morgan fingerprint density at radius 2 is 1.91 bits per heavy atom. The summed E-state index contributed by atoms with van der Waals surface area (Å²) in [6, 6.07) is 10.5. The number of benzene rings is 1. The Bertz CT molecular complexity index is 666. The third-order valence-electron chi connectivity index (χ3n) is 3.65. The molecule has 122 valence electrons. The van der Waals surface area contributed by atoms with Crippen LogP contribution >= 0.6 is 0 Å². The summed E-state index contributed by atoms with van der Waals surface area (Å²) in [6.45, 7) is 11.1. The van der Waals surface area contributed by atoms with Gasteiger partial charge in [0.25, 0.3) is 0 Å². The van der Waals surface area contributed by atoms with Crippen molar-refractivity contribution in [1.29, 1.82) is 0 Å². The molecule has 1 N–H and O–H groups in total. The standard InChI is InChI=1S/C20H27N3/c1-5-6-10-13-21-14-18-16-23(22-19(18)20(2,3)4)15-17-11-8-7-9-12-17/h7-9,11-12,16,21H,10,13-15H2,1-4H3. The van der Waals surface area contributed by atoms with Crippen molar-refractivity contribution in [3.8, 4) is 11.8 Å². The van der Waals surface area contributed by atoms with E-state index >= 15 is 0 Å². The molecule has 0 unspecified atom stereocenters. The molecule has 0 aliphatic heterocycles. The van der Waals surface area contributed by atoms with Crippen LogP contribution in [0.4, 0.5) is 0 Å². The minimum Gasteiger partial charge on any atom is -0.312 e. The van der Waals surface area contributed by atoms with Gasteiger partial charge in [0.2, 0.25) is 0 Å². The van der Waals surface area contributed by atoms with Gasteiger partial charge < -0.3 is 5.32 Å². The zero-order valence-corrected chi connectivity index (χ0v) is 14.7. The minimum atomic E-state index is 0.0438. The van der Waals surface area contributed by atoms with Gasteiger partial charge in [-0.15, -0.1) is 11.8 Å². The number of nitrogens with one attached hydrogen (secondary N) is 1. The van der Waals surface area contributed by atoms with Crippen LogP contribution in [0.3, 0.4) is 0 Å². The number of rotatable bonds is 6. The van der Waals surface area contributed by atoms with Crippen LogP contribution < -0.4 is 5.32 Å². The number of aromatic nitrogens is 2. The first-order chi connectivity index (χ1) is 11.0. The third kappa shape index (κ3) is 5.26. The Morgan fingerprint density at radius 3 is 2.57 bits per heavy atom. The lowest BCUT2D eigenvalue weighted by Crippen LogP contribution is -2.19. The second kappa shape index (κ2) is 7.99. The molecule has 1 heterocycles. The Labute approximate surface area is 140 Å². The van der Waals surface area contributed by atoms with Gasteiger partial charge in [0.15, 0.2) is 0 Å². The van der Waals surface area contributed by atoms with E-state index in [0.717, 1.165) is 26.1 Å². The minimum absolute atomic E-state index is 0.0438. The van der Waals surface area contributed by atoms with Crippen molar-refractivity contribution in [2.24, 2.45) is 0 Å². The molecule has 0 saturated heterocycles. The largest absolute Gasteiger partial charge is 0.312 e. The Hall–Kier alpha value is -2.05. The molecule has 0 bridgehead atoms. The number of hydrogen-bond acceptors (Lipinski definition) is 2.